The van der Waals surface area contributed by atoms with Crippen molar-refractivity contribution in [1.82, 2.24) is 9.47 Å². The van der Waals surface area contributed by atoms with Gasteiger partial charge in [0.05, 0.1) is 4.91 Å². The summed E-state index contributed by atoms with van der Waals surface area (Å²) < 4.78 is 3.37. The molecule has 4 nitrogen and oxygen atoms in total. The van der Waals surface area contributed by atoms with Crippen LogP contribution in [-0.4, -0.2) is 26.9 Å². The van der Waals surface area contributed by atoms with E-state index in [0.29, 0.717) is 5.92 Å². The molecule has 3 atom stereocenters. The van der Waals surface area contributed by atoms with E-state index < -0.39 is 0 Å². The van der Waals surface area contributed by atoms with Gasteiger partial charge in [-0.3, -0.25) is 4.79 Å². The van der Waals surface area contributed by atoms with Crippen molar-refractivity contribution in [2.24, 2.45) is 5.92 Å². The van der Waals surface area contributed by atoms with Crippen LogP contribution in [0.2, 0.25) is 0 Å². The van der Waals surface area contributed by atoms with Crippen molar-refractivity contribution >= 4 is 56.3 Å². The van der Waals surface area contributed by atoms with Crippen molar-refractivity contribution in [1.29, 1.82) is 0 Å². The van der Waals surface area contributed by atoms with E-state index in [-0.39, 0.29) is 17.4 Å². The lowest BCUT2D eigenvalue weighted by molar-refractivity contribution is -0.129. The van der Waals surface area contributed by atoms with Gasteiger partial charge in [0.1, 0.15) is 0 Å². The van der Waals surface area contributed by atoms with Gasteiger partial charge in [0.15, 0.2) is 5.50 Å². The van der Waals surface area contributed by atoms with E-state index in [4.69, 9.17) is 0 Å². The molecular weight excluding hydrogens is 554 g/mol. The molecule has 2 fully saturated rings. The maximum atomic E-state index is 14.0. The average Bonchev–Trinajstić information content (AvgIpc) is 3.43. The summed E-state index contributed by atoms with van der Waals surface area (Å²) in [6.07, 6.45) is 8.99. The van der Waals surface area contributed by atoms with Crippen LogP contribution in [-0.2, 0) is 11.3 Å². The molecule has 1 aromatic heterocycles. The Morgan fingerprint density at radius 3 is 2.50 bits per heavy atom. The largest absolute Gasteiger partial charge is 0.356 e. The van der Waals surface area contributed by atoms with E-state index in [1.807, 2.05) is 18.2 Å². The third-order valence-corrected chi connectivity index (χ3v) is 9.44. The molecule has 3 aromatic carbocycles. The van der Waals surface area contributed by atoms with Crippen molar-refractivity contribution in [2.45, 2.75) is 50.7 Å². The van der Waals surface area contributed by atoms with Crippen molar-refractivity contribution in [3.05, 3.63) is 106 Å². The van der Waals surface area contributed by atoms with Crippen molar-refractivity contribution in [3.8, 4) is 0 Å². The maximum Gasteiger partial charge on any atom is 0.262 e. The van der Waals surface area contributed by atoms with Gasteiger partial charge >= 0.3 is 0 Å². The summed E-state index contributed by atoms with van der Waals surface area (Å²) in [6.45, 7) is 3.08. The fraction of sp³-hybridized carbons (Fsp3) is 0.281. The number of thioether (sulfide) groups is 1. The molecule has 1 saturated carbocycles. The molecule has 1 N–H and O–H groups in total. The number of amides is 1. The first-order valence-corrected chi connectivity index (χ1v) is 15.1. The number of hydrogen-bond donors (Lipinski definition) is 1. The van der Waals surface area contributed by atoms with Gasteiger partial charge in [-0.1, -0.05) is 96.0 Å². The quantitative estimate of drug-likeness (QED) is 0.231. The molecule has 0 radical (unpaired) electrons. The van der Waals surface area contributed by atoms with Crippen LogP contribution < -0.4 is 5.32 Å². The molecule has 0 spiro atoms. The number of benzene rings is 3. The van der Waals surface area contributed by atoms with E-state index in [1.54, 1.807) is 11.8 Å². The zero-order valence-corrected chi connectivity index (χ0v) is 23.9. The summed E-state index contributed by atoms with van der Waals surface area (Å²) in [7, 11) is 0. The standard InChI is InChI=1S/C32H32BrN3OS/c1-22-9-5-7-13-28(22)36-31(37)30(38-32(36)34-26-10-3-2-4-11-26)19-24-21-35(29-14-8-6-12-27(24)29)20-23-15-17-25(33)18-16-23/h2-4,6,8,10-12,14-19,21-22,28,32,34H,5,7,9,13,20H2,1H3/b30-19-/t22-,28-,32?/m0/s1. The van der Waals surface area contributed by atoms with Gasteiger partial charge in [0, 0.05) is 45.4 Å². The van der Waals surface area contributed by atoms with Crippen LogP contribution in [0.3, 0.4) is 0 Å². The van der Waals surface area contributed by atoms with Gasteiger partial charge in [-0.05, 0) is 60.7 Å². The Balaban J connectivity index is 1.35. The number of carbonyl (C=O) groups excluding carboxylic acids is 1. The Morgan fingerprint density at radius 2 is 1.71 bits per heavy atom. The van der Waals surface area contributed by atoms with Crippen LogP contribution in [0.5, 0.6) is 0 Å². The molecule has 2 heterocycles. The van der Waals surface area contributed by atoms with Gasteiger partial charge in [0.2, 0.25) is 0 Å². The molecule has 6 heteroatoms. The van der Waals surface area contributed by atoms with E-state index in [2.05, 4.69) is 111 Å². The highest BCUT2D eigenvalue weighted by atomic mass is 79.9. The molecule has 194 valence electrons. The molecule has 1 unspecified atom stereocenters. The number of nitrogens with one attached hydrogen (secondary N) is 1. The Hall–Kier alpha value is -2.96. The van der Waals surface area contributed by atoms with Crippen LogP contribution in [0.15, 0.2) is 94.4 Å². The smallest absolute Gasteiger partial charge is 0.262 e. The summed E-state index contributed by atoms with van der Waals surface area (Å²) in [4.78, 5) is 16.9. The topological polar surface area (TPSA) is 37.3 Å². The molecule has 2 aliphatic rings. The third kappa shape index (κ3) is 5.16. The zero-order valence-electron chi connectivity index (χ0n) is 21.5. The third-order valence-electron chi connectivity index (χ3n) is 7.80. The monoisotopic (exact) mass is 585 g/mol. The number of fused-ring (bicyclic) bond motifs is 1. The first-order chi connectivity index (χ1) is 18.6. The Morgan fingerprint density at radius 1 is 0.974 bits per heavy atom. The minimum Gasteiger partial charge on any atom is -0.356 e. The number of para-hydroxylation sites is 2. The first-order valence-electron chi connectivity index (χ1n) is 13.4. The second-order valence-corrected chi connectivity index (χ2v) is 12.4. The van der Waals surface area contributed by atoms with Gasteiger partial charge < -0.3 is 14.8 Å². The molecule has 1 saturated heterocycles. The van der Waals surface area contributed by atoms with E-state index in [9.17, 15) is 4.79 Å². The second kappa shape index (κ2) is 11.0. The number of anilines is 1. The van der Waals surface area contributed by atoms with Crippen LogP contribution >= 0.6 is 27.7 Å². The molecule has 1 aliphatic heterocycles. The first kappa shape index (κ1) is 25.3. The number of aromatic nitrogens is 1. The average molecular weight is 587 g/mol. The predicted octanol–water partition coefficient (Wildman–Crippen LogP) is 8.34. The maximum absolute atomic E-state index is 14.0. The second-order valence-electron chi connectivity index (χ2n) is 10.4. The minimum absolute atomic E-state index is 0.113. The molecular formula is C32H32BrN3OS. The fourth-order valence-corrected chi connectivity index (χ4v) is 7.28. The summed E-state index contributed by atoms with van der Waals surface area (Å²) >= 11 is 5.18. The van der Waals surface area contributed by atoms with Crippen LogP contribution in [0.4, 0.5) is 5.69 Å². The molecule has 0 bridgehead atoms. The number of carbonyl (C=O) groups is 1. The summed E-state index contributed by atoms with van der Waals surface area (Å²) in [5.74, 6) is 0.646. The van der Waals surface area contributed by atoms with E-state index in [1.165, 1.54) is 35.7 Å². The number of rotatable bonds is 6. The lowest BCUT2D eigenvalue weighted by Crippen LogP contribution is -2.48. The highest BCUT2D eigenvalue weighted by molar-refractivity contribution is 9.10. The lowest BCUT2D eigenvalue weighted by atomic mass is 9.85. The summed E-state index contributed by atoms with van der Waals surface area (Å²) in [5, 5.41) is 4.82. The van der Waals surface area contributed by atoms with E-state index in [0.717, 1.165) is 33.6 Å². The molecule has 6 rings (SSSR count). The molecule has 1 aliphatic carbocycles. The van der Waals surface area contributed by atoms with Crippen LogP contribution in [0, 0.1) is 5.92 Å². The minimum atomic E-state index is -0.113. The highest BCUT2D eigenvalue weighted by Crippen LogP contribution is 2.42. The normalized spacial score (nSPS) is 22.9. The highest BCUT2D eigenvalue weighted by Gasteiger charge is 2.43. The molecule has 1 amide bonds. The zero-order chi connectivity index (χ0) is 26.1. The number of hydrogen-bond acceptors (Lipinski definition) is 3. The predicted molar refractivity (Wildman–Crippen MR) is 163 cm³/mol. The van der Waals surface area contributed by atoms with E-state index >= 15 is 0 Å². The Kier molecular flexibility index (Phi) is 7.35. The van der Waals surface area contributed by atoms with Crippen LogP contribution in [0.25, 0.3) is 17.0 Å². The molecule has 4 aromatic rings. The number of halogens is 1. The lowest BCUT2D eigenvalue weighted by Gasteiger charge is -2.39. The Labute approximate surface area is 237 Å². The Bertz CT molecular complexity index is 1460. The van der Waals surface area contributed by atoms with Crippen LogP contribution in [0.1, 0.15) is 43.7 Å². The van der Waals surface area contributed by atoms with Gasteiger partial charge in [0.25, 0.3) is 5.91 Å². The SMILES string of the molecule is C[C@H]1CCCC[C@@H]1N1C(=O)/C(=C/c2cn(Cc3ccc(Br)cc3)c3ccccc23)SC1Nc1ccccc1. The van der Waals surface area contributed by atoms with Gasteiger partial charge in [-0.2, -0.15) is 0 Å². The van der Waals surface area contributed by atoms with Crippen molar-refractivity contribution in [2.75, 3.05) is 5.32 Å². The van der Waals surface area contributed by atoms with Gasteiger partial charge in [-0.25, -0.2) is 0 Å². The summed E-state index contributed by atoms with van der Waals surface area (Å²) in [6, 6.07) is 27.4. The van der Waals surface area contributed by atoms with Crippen molar-refractivity contribution in [3.63, 3.8) is 0 Å². The molecule has 38 heavy (non-hydrogen) atoms. The number of nitrogens with zero attached hydrogens (tertiary/aromatic N) is 2. The van der Waals surface area contributed by atoms with Crippen molar-refractivity contribution < 1.29 is 4.79 Å². The fourth-order valence-electron chi connectivity index (χ4n) is 5.82. The van der Waals surface area contributed by atoms with Gasteiger partial charge in [-0.15, -0.1) is 0 Å². The summed E-state index contributed by atoms with van der Waals surface area (Å²) in [5.41, 5.74) is 4.43.